The summed E-state index contributed by atoms with van der Waals surface area (Å²) in [6, 6.07) is 10.7. The van der Waals surface area contributed by atoms with E-state index in [1.165, 1.54) is 29.8 Å². The molecule has 1 atom stereocenters. The lowest BCUT2D eigenvalue weighted by atomic mass is 10.0. The summed E-state index contributed by atoms with van der Waals surface area (Å²) in [7, 11) is 1.33. The fourth-order valence-electron chi connectivity index (χ4n) is 3.38. The third-order valence-corrected chi connectivity index (χ3v) is 6.69. The number of esters is 1. The summed E-state index contributed by atoms with van der Waals surface area (Å²) in [5.74, 6) is 0.249. The van der Waals surface area contributed by atoms with Crippen molar-refractivity contribution in [2.75, 3.05) is 13.7 Å². The topological polar surface area (TPSA) is 69.9 Å². The van der Waals surface area contributed by atoms with Gasteiger partial charge in [0.15, 0.2) is 4.80 Å². The molecule has 1 aromatic carbocycles. The van der Waals surface area contributed by atoms with E-state index in [0.717, 1.165) is 16.2 Å². The quantitative estimate of drug-likeness (QED) is 0.426. The van der Waals surface area contributed by atoms with Gasteiger partial charge in [-0.05, 0) is 42.1 Å². The Morgan fingerprint density at radius 1 is 1.29 bits per heavy atom. The fraction of sp³-hybridized carbons (Fsp3) is 0.174. The molecule has 3 aromatic rings. The van der Waals surface area contributed by atoms with Crippen molar-refractivity contribution in [1.82, 2.24) is 4.57 Å². The van der Waals surface area contributed by atoms with E-state index in [9.17, 15) is 9.59 Å². The number of rotatable bonds is 6. The van der Waals surface area contributed by atoms with Gasteiger partial charge < -0.3 is 9.47 Å². The van der Waals surface area contributed by atoms with Gasteiger partial charge in [-0.25, -0.2) is 9.79 Å². The Balaban J connectivity index is 1.83. The average Bonchev–Trinajstić information content (AvgIpc) is 3.41. The minimum atomic E-state index is -0.555. The van der Waals surface area contributed by atoms with Crippen LogP contribution < -0.4 is 19.6 Å². The first-order valence-corrected chi connectivity index (χ1v) is 11.2. The molecule has 158 valence electrons. The molecule has 0 amide bonds. The SMILES string of the molecule is C=CCOc1ccc(/C=c2\sc3n(c2=O)C(c2cccs2)C(C(=O)OC)=C(C)N=3)cc1. The van der Waals surface area contributed by atoms with Crippen LogP contribution in [0, 0.1) is 0 Å². The average molecular weight is 453 g/mol. The Morgan fingerprint density at radius 3 is 2.71 bits per heavy atom. The maximum atomic E-state index is 13.4. The lowest BCUT2D eigenvalue weighted by Crippen LogP contribution is -2.39. The molecule has 3 heterocycles. The van der Waals surface area contributed by atoms with E-state index in [1.807, 2.05) is 47.9 Å². The van der Waals surface area contributed by atoms with Gasteiger partial charge >= 0.3 is 5.97 Å². The Labute approximate surface area is 186 Å². The predicted octanol–water partition coefficient (Wildman–Crippen LogP) is 3.03. The van der Waals surface area contributed by atoms with Crippen molar-refractivity contribution in [3.8, 4) is 5.75 Å². The Bertz CT molecular complexity index is 1330. The maximum absolute atomic E-state index is 13.4. The van der Waals surface area contributed by atoms with Gasteiger partial charge in [-0.15, -0.1) is 11.3 Å². The van der Waals surface area contributed by atoms with Crippen LogP contribution in [0.15, 0.2) is 75.5 Å². The lowest BCUT2D eigenvalue weighted by molar-refractivity contribution is -0.136. The van der Waals surface area contributed by atoms with E-state index in [4.69, 9.17) is 9.47 Å². The molecule has 0 saturated carbocycles. The molecular formula is C23H20N2O4S2. The summed E-state index contributed by atoms with van der Waals surface area (Å²) in [5, 5.41) is 1.92. The maximum Gasteiger partial charge on any atom is 0.338 e. The first-order valence-electron chi connectivity index (χ1n) is 9.51. The molecule has 0 aliphatic carbocycles. The van der Waals surface area contributed by atoms with Crippen LogP contribution in [0.3, 0.4) is 0 Å². The van der Waals surface area contributed by atoms with E-state index in [2.05, 4.69) is 11.6 Å². The van der Waals surface area contributed by atoms with Crippen LogP contribution in [0.1, 0.15) is 23.4 Å². The number of thiazole rings is 1. The molecular weight excluding hydrogens is 432 g/mol. The number of hydrogen-bond donors (Lipinski definition) is 0. The minimum Gasteiger partial charge on any atom is -0.490 e. The van der Waals surface area contributed by atoms with Gasteiger partial charge in [0.1, 0.15) is 18.4 Å². The van der Waals surface area contributed by atoms with Crippen LogP contribution in [0.4, 0.5) is 0 Å². The van der Waals surface area contributed by atoms with Crippen LogP contribution >= 0.6 is 22.7 Å². The second-order valence-corrected chi connectivity index (χ2v) is 8.75. The predicted molar refractivity (Wildman–Crippen MR) is 122 cm³/mol. The summed E-state index contributed by atoms with van der Waals surface area (Å²) < 4.78 is 12.6. The first-order chi connectivity index (χ1) is 15.0. The largest absolute Gasteiger partial charge is 0.490 e. The van der Waals surface area contributed by atoms with Crippen LogP contribution in [-0.2, 0) is 9.53 Å². The summed E-state index contributed by atoms with van der Waals surface area (Å²) in [5.41, 5.74) is 1.62. The van der Waals surface area contributed by atoms with Gasteiger partial charge in [-0.1, -0.05) is 42.2 Å². The number of hydrogen-bond acceptors (Lipinski definition) is 7. The second-order valence-electron chi connectivity index (χ2n) is 6.76. The molecule has 1 aliphatic rings. The lowest BCUT2D eigenvalue weighted by Gasteiger charge is -2.22. The molecule has 1 unspecified atom stereocenters. The number of fused-ring (bicyclic) bond motifs is 1. The molecule has 0 N–H and O–H groups in total. The summed E-state index contributed by atoms with van der Waals surface area (Å²) in [4.78, 5) is 31.9. The number of nitrogens with zero attached hydrogens (tertiary/aromatic N) is 2. The number of carbonyl (C=O) groups excluding carboxylic acids is 1. The van der Waals surface area contributed by atoms with Gasteiger partial charge in [-0.3, -0.25) is 9.36 Å². The monoisotopic (exact) mass is 452 g/mol. The second kappa shape index (κ2) is 8.87. The summed E-state index contributed by atoms with van der Waals surface area (Å²) >= 11 is 2.79. The van der Waals surface area contributed by atoms with Gasteiger partial charge in [-0.2, -0.15) is 0 Å². The van der Waals surface area contributed by atoms with Crippen LogP contribution in [-0.4, -0.2) is 24.3 Å². The van der Waals surface area contributed by atoms with E-state index in [-0.39, 0.29) is 5.56 Å². The number of ether oxygens (including phenoxy) is 2. The van der Waals surface area contributed by atoms with Crippen molar-refractivity contribution in [2.45, 2.75) is 13.0 Å². The van der Waals surface area contributed by atoms with Gasteiger partial charge in [0.25, 0.3) is 5.56 Å². The highest BCUT2D eigenvalue weighted by Gasteiger charge is 2.33. The van der Waals surface area contributed by atoms with Crippen molar-refractivity contribution in [3.63, 3.8) is 0 Å². The smallest absolute Gasteiger partial charge is 0.338 e. The third kappa shape index (κ3) is 4.04. The Hall–Kier alpha value is -3.23. The van der Waals surface area contributed by atoms with Crippen molar-refractivity contribution in [1.29, 1.82) is 0 Å². The van der Waals surface area contributed by atoms with Crippen molar-refractivity contribution >= 4 is 34.7 Å². The van der Waals surface area contributed by atoms with Gasteiger partial charge in [0.05, 0.1) is 22.9 Å². The standard InChI is InChI=1S/C23H20N2O4S2/c1-4-11-29-16-9-7-15(8-10-16)13-18-21(26)25-20(17-6-5-12-30-17)19(22(27)28-3)14(2)24-23(25)31-18/h4-10,12-13,20H,1,11H2,2-3H3/b18-13-. The highest BCUT2D eigenvalue weighted by molar-refractivity contribution is 7.10. The van der Waals surface area contributed by atoms with Crippen molar-refractivity contribution < 1.29 is 14.3 Å². The van der Waals surface area contributed by atoms with Crippen LogP contribution in [0.5, 0.6) is 5.75 Å². The van der Waals surface area contributed by atoms with Crippen molar-refractivity contribution in [3.05, 3.63) is 95.8 Å². The number of aromatic nitrogens is 1. The highest BCUT2D eigenvalue weighted by Crippen LogP contribution is 2.32. The molecule has 4 rings (SSSR count). The van der Waals surface area contributed by atoms with Crippen LogP contribution in [0.2, 0.25) is 0 Å². The van der Waals surface area contributed by atoms with E-state index >= 15 is 0 Å². The minimum absolute atomic E-state index is 0.192. The molecule has 6 nitrogen and oxygen atoms in total. The highest BCUT2D eigenvalue weighted by atomic mass is 32.1. The molecule has 8 heteroatoms. The molecule has 0 spiro atoms. The number of allylic oxidation sites excluding steroid dienone is 1. The Morgan fingerprint density at radius 2 is 2.06 bits per heavy atom. The zero-order valence-corrected chi connectivity index (χ0v) is 18.7. The van der Waals surface area contributed by atoms with E-state index < -0.39 is 12.0 Å². The molecule has 0 bridgehead atoms. The molecule has 31 heavy (non-hydrogen) atoms. The van der Waals surface area contributed by atoms with Gasteiger partial charge in [0.2, 0.25) is 0 Å². The molecule has 0 fully saturated rings. The first kappa shape index (κ1) is 21.0. The Kier molecular flexibility index (Phi) is 6.01. The zero-order valence-electron chi connectivity index (χ0n) is 17.0. The van der Waals surface area contributed by atoms with E-state index in [1.54, 1.807) is 17.6 Å². The fourth-order valence-corrected chi connectivity index (χ4v) is 5.25. The molecule has 1 aliphatic heterocycles. The molecule has 0 radical (unpaired) electrons. The normalized spacial score (nSPS) is 15.9. The van der Waals surface area contributed by atoms with E-state index in [0.29, 0.717) is 27.2 Å². The number of benzene rings is 1. The molecule has 0 saturated heterocycles. The number of methoxy groups -OCH3 is 1. The van der Waals surface area contributed by atoms with Gasteiger partial charge in [0, 0.05) is 4.88 Å². The zero-order chi connectivity index (χ0) is 22.0. The number of thiophene rings is 1. The number of carbonyl (C=O) groups is 1. The third-order valence-electron chi connectivity index (χ3n) is 4.79. The summed E-state index contributed by atoms with van der Waals surface area (Å²) in [6.07, 6.45) is 3.51. The summed E-state index contributed by atoms with van der Waals surface area (Å²) in [6.45, 7) is 5.84. The van der Waals surface area contributed by atoms with Crippen molar-refractivity contribution in [2.24, 2.45) is 4.99 Å². The molecule has 2 aromatic heterocycles. The van der Waals surface area contributed by atoms with Crippen LogP contribution in [0.25, 0.3) is 6.08 Å².